The zero-order chi connectivity index (χ0) is 23.7. The molecule has 0 radical (unpaired) electrons. The van der Waals surface area contributed by atoms with Crippen LogP contribution in [0.25, 0.3) is 11.3 Å². The second-order valence-electron chi connectivity index (χ2n) is 8.20. The molecule has 9 heteroatoms. The Kier molecular flexibility index (Phi) is 6.60. The average molecular weight is 471 g/mol. The van der Waals surface area contributed by atoms with E-state index >= 15 is 0 Å². The van der Waals surface area contributed by atoms with E-state index in [0.29, 0.717) is 28.0 Å². The van der Waals surface area contributed by atoms with Crippen molar-refractivity contribution >= 4 is 23.4 Å². The van der Waals surface area contributed by atoms with Gasteiger partial charge in [0.2, 0.25) is 23.2 Å². The van der Waals surface area contributed by atoms with E-state index in [1.807, 2.05) is 19.1 Å². The zero-order valence-electron chi connectivity index (χ0n) is 18.8. The quantitative estimate of drug-likeness (QED) is 0.445. The highest BCUT2D eigenvalue weighted by Gasteiger charge is 2.37. The predicted molar refractivity (Wildman–Crippen MR) is 123 cm³/mol. The summed E-state index contributed by atoms with van der Waals surface area (Å²) >= 11 is 1.43. The van der Waals surface area contributed by atoms with Crippen LogP contribution in [-0.4, -0.2) is 26.8 Å². The topological polar surface area (TPSA) is 68.2 Å². The number of carbonyl (C=O) groups excluding carboxylic acids is 1. The molecule has 0 saturated carbocycles. The molecule has 0 bridgehead atoms. The van der Waals surface area contributed by atoms with Gasteiger partial charge in [-0.25, -0.2) is 8.78 Å². The van der Waals surface area contributed by atoms with Gasteiger partial charge in [-0.2, -0.15) is 4.98 Å². The maximum atomic E-state index is 14.9. The van der Waals surface area contributed by atoms with E-state index in [1.54, 1.807) is 13.0 Å². The summed E-state index contributed by atoms with van der Waals surface area (Å²) in [6.45, 7) is 7.77. The Bertz CT molecular complexity index is 1210. The van der Waals surface area contributed by atoms with E-state index in [-0.39, 0.29) is 23.8 Å². The van der Waals surface area contributed by atoms with Crippen molar-refractivity contribution in [3.05, 3.63) is 59.2 Å². The lowest BCUT2D eigenvalue weighted by Gasteiger charge is -2.31. The van der Waals surface area contributed by atoms with Crippen molar-refractivity contribution in [2.24, 2.45) is 5.92 Å². The first-order valence-electron chi connectivity index (χ1n) is 10.7. The Morgan fingerprint density at radius 2 is 2.00 bits per heavy atom. The maximum absolute atomic E-state index is 14.9. The second-order valence-corrected chi connectivity index (χ2v) is 9.19. The molecular weight excluding hydrogens is 446 g/mol. The summed E-state index contributed by atoms with van der Waals surface area (Å²) in [7, 11) is 0. The van der Waals surface area contributed by atoms with Gasteiger partial charge in [0.1, 0.15) is 0 Å². The minimum atomic E-state index is -1.27. The van der Waals surface area contributed by atoms with E-state index in [9.17, 15) is 13.6 Å². The van der Waals surface area contributed by atoms with E-state index in [4.69, 9.17) is 4.74 Å². The summed E-state index contributed by atoms with van der Waals surface area (Å²) < 4.78 is 35.2. The van der Waals surface area contributed by atoms with Crippen LogP contribution in [-0.2, 0) is 4.79 Å². The highest BCUT2D eigenvalue weighted by Crippen LogP contribution is 2.44. The first-order chi connectivity index (χ1) is 15.8. The number of rotatable bonds is 5. The standard InChI is InChI=1S/C24H24F2N4O2S/c1-5-19(31)30-18-10-9-14(4)11-16(18)21-22(27-24(29-28-21)33-12-13(2)3)32-23(30)15-7-6-8-17(25)20(15)26/h6-11,13,23H,5,12H2,1-4H3/t23-/m1/s1. The number of fused-ring (bicyclic) bond motifs is 3. The molecule has 6 nitrogen and oxygen atoms in total. The van der Waals surface area contributed by atoms with E-state index in [1.165, 1.54) is 28.8 Å². The number of aromatic nitrogens is 3. The molecule has 0 saturated heterocycles. The molecule has 172 valence electrons. The van der Waals surface area contributed by atoms with Crippen LogP contribution in [0.1, 0.15) is 44.5 Å². The van der Waals surface area contributed by atoms with Crippen LogP contribution in [0.4, 0.5) is 14.5 Å². The Morgan fingerprint density at radius 1 is 1.21 bits per heavy atom. The van der Waals surface area contributed by atoms with Crippen molar-refractivity contribution in [2.45, 2.75) is 45.5 Å². The van der Waals surface area contributed by atoms with Gasteiger partial charge in [-0.3, -0.25) is 9.69 Å². The van der Waals surface area contributed by atoms with Crippen molar-refractivity contribution in [1.82, 2.24) is 15.2 Å². The molecule has 1 atom stereocenters. The van der Waals surface area contributed by atoms with E-state index in [2.05, 4.69) is 29.0 Å². The van der Waals surface area contributed by atoms with E-state index < -0.39 is 17.9 Å². The Labute approximate surface area is 195 Å². The molecule has 0 N–H and O–H groups in total. The zero-order valence-corrected chi connectivity index (χ0v) is 19.6. The van der Waals surface area contributed by atoms with Gasteiger partial charge in [-0.1, -0.05) is 56.3 Å². The normalized spacial score (nSPS) is 15.0. The lowest BCUT2D eigenvalue weighted by molar-refractivity contribution is -0.120. The fraction of sp³-hybridized carbons (Fsp3) is 0.333. The highest BCUT2D eigenvalue weighted by atomic mass is 32.2. The van der Waals surface area contributed by atoms with Crippen molar-refractivity contribution < 1.29 is 18.3 Å². The van der Waals surface area contributed by atoms with Crippen LogP contribution in [0.3, 0.4) is 0 Å². The lowest BCUT2D eigenvalue weighted by Crippen LogP contribution is -2.38. The van der Waals surface area contributed by atoms with Crippen LogP contribution in [0.15, 0.2) is 41.6 Å². The molecule has 1 aliphatic rings. The summed E-state index contributed by atoms with van der Waals surface area (Å²) in [6, 6.07) is 9.26. The van der Waals surface area contributed by atoms with Gasteiger partial charge in [0.25, 0.3) is 0 Å². The molecule has 0 unspecified atom stereocenters. The smallest absolute Gasteiger partial charge is 0.247 e. The summed E-state index contributed by atoms with van der Waals surface area (Å²) in [4.78, 5) is 19.0. The summed E-state index contributed by atoms with van der Waals surface area (Å²) in [5.41, 5.74) is 2.23. The minimum Gasteiger partial charge on any atom is -0.447 e. The molecular formula is C24H24F2N4O2S. The number of hydrogen-bond donors (Lipinski definition) is 0. The van der Waals surface area contributed by atoms with E-state index in [0.717, 1.165) is 17.4 Å². The number of nitrogens with zero attached hydrogens (tertiary/aromatic N) is 4. The first-order valence-corrected chi connectivity index (χ1v) is 11.7. The number of hydrogen-bond acceptors (Lipinski definition) is 6. The monoisotopic (exact) mass is 470 g/mol. The molecule has 1 aliphatic heterocycles. The molecule has 2 heterocycles. The maximum Gasteiger partial charge on any atom is 0.247 e. The van der Waals surface area contributed by atoms with Crippen molar-refractivity contribution in [1.29, 1.82) is 0 Å². The largest absolute Gasteiger partial charge is 0.447 e. The lowest BCUT2D eigenvalue weighted by atomic mass is 10.0. The van der Waals surface area contributed by atoms with Crippen LogP contribution >= 0.6 is 11.8 Å². The third kappa shape index (κ3) is 4.55. The molecule has 33 heavy (non-hydrogen) atoms. The van der Waals surface area contributed by atoms with Crippen molar-refractivity contribution in [3.63, 3.8) is 0 Å². The number of benzene rings is 2. The van der Waals surface area contributed by atoms with Gasteiger partial charge < -0.3 is 4.74 Å². The number of thioether (sulfide) groups is 1. The van der Waals surface area contributed by atoms with Crippen LogP contribution in [0.2, 0.25) is 0 Å². The number of halogens is 2. The number of carbonyl (C=O) groups is 1. The van der Waals surface area contributed by atoms with Crippen LogP contribution in [0, 0.1) is 24.5 Å². The minimum absolute atomic E-state index is 0.105. The molecule has 4 rings (SSSR count). The summed E-state index contributed by atoms with van der Waals surface area (Å²) in [6.07, 6.45) is -1.13. The van der Waals surface area contributed by atoms with Gasteiger partial charge in [0.05, 0.1) is 11.3 Å². The molecule has 3 aromatic rings. The number of amides is 1. The number of aryl methyl sites for hydroxylation is 1. The SMILES string of the molecule is CCC(=O)N1c2ccc(C)cc2-c2nnc(SCC(C)C)nc2O[C@@H]1c1cccc(F)c1F. The number of anilines is 1. The second kappa shape index (κ2) is 9.43. The van der Waals surface area contributed by atoms with Crippen LogP contribution < -0.4 is 9.64 Å². The van der Waals surface area contributed by atoms with Crippen LogP contribution in [0.5, 0.6) is 5.88 Å². The summed E-state index contributed by atoms with van der Waals surface area (Å²) in [5, 5.41) is 9.01. The van der Waals surface area contributed by atoms with Gasteiger partial charge in [0.15, 0.2) is 17.3 Å². The molecule has 1 amide bonds. The third-order valence-electron chi connectivity index (χ3n) is 5.12. The Morgan fingerprint density at radius 3 is 2.73 bits per heavy atom. The van der Waals surface area contributed by atoms with Gasteiger partial charge in [-0.15, -0.1) is 10.2 Å². The van der Waals surface area contributed by atoms with Gasteiger partial charge in [-0.05, 0) is 31.0 Å². The van der Waals surface area contributed by atoms with Crippen molar-refractivity contribution in [2.75, 3.05) is 10.7 Å². The third-order valence-corrected chi connectivity index (χ3v) is 6.39. The molecule has 2 aromatic carbocycles. The predicted octanol–water partition coefficient (Wildman–Crippen LogP) is 5.71. The van der Waals surface area contributed by atoms with Crippen molar-refractivity contribution in [3.8, 4) is 17.1 Å². The Balaban J connectivity index is 1.95. The molecule has 0 spiro atoms. The average Bonchev–Trinajstić information content (AvgIpc) is 2.93. The fourth-order valence-electron chi connectivity index (χ4n) is 3.53. The molecule has 0 aliphatic carbocycles. The first kappa shape index (κ1) is 23.1. The highest BCUT2D eigenvalue weighted by molar-refractivity contribution is 7.99. The molecule has 1 aromatic heterocycles. The molecule has 0 fully saturated rings. The Hall–Kier alpha value is -3.07. The fourth-order valence-corrected chi connectivity index (χ4v) is 4.26. The van der Waals surface area contributed by atoms with Gasteiger partial charge >= 0.3 is 0 Å². The number of ether oxygens (including phenoxy) is 1. The van der Waals surface area contributed by atoms with Gasteiger partial charge in [0, 0.05) is 17.7 Å². The summed E-state index contributed by atoms with van der Waals surface area (Å²) in [5.74, 6) is -1.12.